The number of hydrogen-bond acceptors (Lipinski definition) is 4. The molecule has 0 radical (unpaired) electrons. The van der Waals surface area contributed by atoms with Gasteiger partial charge in [-0.05, 0) is 37.8 Å². The zero-order valence-electron chi connectivity index (χ0n) is 11.3. The summed E-state index contributed by atoms with van der Waals surface area (Å²) in [5.74, 6) is 0. The highest BCUT2D eigenvalue weighted by atomic mass is 35.5. The van der Waals surface area contributed by atoms with Gasteiger partial charge in [0, 0.05) is 18.1 Å². The van der Waals surface area contributed by atoms with Crippen LogP contribution in [0.25, 0.3) is 0 Å². The van der Waals surface area contributed by atoms with E-state index in [4.69, 9.17) is 16.9 Å². The molecule has 0 aliphatic carbocycles. The molecule has 2 saturated heterocycles. The Morgan fingerprint density at radius 2 is 1.95 bits per heavy atom. The molecule has 1 aromatic carbocycles. The number of fused-ring (bicyclic) bond motifs is 2. The SMILES string of the molecule is N#Cc1c(Cl)cccc1S(=O)(=O)NC1CC2CCC(C1)N2. The minimum atomic E-state index is -3.73. The Kier molecular flexibility index (Phi) is 3.93. The highest BCUT2D eigenvalue weighted by Gasteiger charge is 2.35. The van der Waals surface area contributed by atoms with Crippen molar-refractivity contribution in [2.75, 3.05) is 0 Å². The average molecular weight is 326 g/mol. The van der Waals surface area contributed by atoms with Crippen LogP contribution in [-0.2, 0) is 10.0 Å². The summed E-state index contributed by atoms with van der Waals surface area (Å²) in [7, 11) is -3.73. The summed E-state index contributed by atoms with van der Waals surface area (Å²) in [6, 6.07) is 7.06. The summed E-state index contributed by atoms with van der Waals surface area (Å²) in [6.07, 6.45) is 3.78. The Labute approximate surface area is 129 Å². The molecule has 2 heterocycles. The van der Waals surface area contributed by atoms with Crippen LogP contribution in [-0.4, -0.2) is 26.5 Å². The number of benzene rings is 1. The largest absolute Gasteiger partial charge is 0.311 e. The predicted octanol–water partition coefficient (Wildman–Crippen LogP) is 1.77. The Morgan fingerprint density at radius 3 is 2.57 bits per heavy atom. The number of nitrogens with zero attached hydrogens (tertiary/aromatic N) is 1. The first-order valence-electron chi connectivity index (χ1n) is 6.96. The zero-order valence-corrected chi connectivity index (χ0v) is 12.9. The lowest BCUT2D eigenvalue weighted by Crippen LogP contribution is -2.48. The van der Waals surface area contributed by atoms with E-state index in [1.807, 2.05) is 6.07 Å². The van der Waals surface area contributed by atoms with Crippen molar-refractivity contribution >= 4 is 21.6 Å². The van der Waals surface area contributed by atoms with Crippen LogP contribution in [0.2, 0.25) is 5.02 Å². The van der Waals surface area contributed by atoms with E-state index in [2.05, 4.69) is 10.0 Å². The van der Waals surface area contributed by atoms with E-state index in [1.165, 1.54) is 12.1 Å². The first-order chi connectivity index (χ1) is 9.99. The van der Waals surface area contributed by atoms with Crippen molar-refractivity contribution in [1.82, 2.24) is 10.0 Å². The Balaban J connectivity index is 1.85. The van der Waals surface area contributed by atoms with Gasteiger partial charge in [-0.2, -0.15) is 5.26 Å². The van der Waals surface area contributed by atoms with E-state index < -0.39 is 10.0 Å². The first kappa shape index (κ1) is 14.8. The molecule has 2 N–H and O–H groups in total. The van der Waals surface area contributed by atoms with Gasteiger partial charge in [0.15, 0.2) is 0 Å². The number of sulfonamides is 1. The molecule has 5 nitrogen and oxygen atoms in total. The van der Waals surface area contributed by atoms with Gasteiger partial charge in [-0.25, -0.2) is 13.1 Å². The van der Waals surface area contributed by atoms with Crippen molar-refractivity contribution in [3.8, 4) is 6.07 Å². The van der Waals surface area contributed by atoms with Gasteiger partial charge in [-0.1, -0.05) is 17.7 Å². The molecule has 0 amide bonds. The first-order valence-corrected chi connectivity index (χ1v) is 8.82. The number of piperidine rings is 1. The quantitative estimate of drug-likeness (QED) is 0.887. The average Bonchev–Trinajstić information content (AvgIpc) is 2.77. The molecule has 2 aliphatic rings. The number of rotatable bonds is 3. The second-order valence-corrected chi connectivity index (χ2v) is 7.74. The Hall–Kier alpha value is -1.13. The van der Waals surface area contributed by atoms with Crippen LogP contribution in [0.15, 0.2) is 23.1 Å². The third kappa shape index (κ3) is 2.92. The zero-order chi connectivity index (χ0) is 15.0. The molecular formula is C14H16ClN3O2S. The molecule has 2 atom stereocenters. The van der Waals surface area contributed by atoms with Crippen molar-refractivity contribution in [1.29, 1.82) is 5.26 Å². The molecule has 7 heteroatoms. The summed E-state index contributed by atoms with van der Waals surface area (Å²) in [6.45, 7) is 0. The minimum Gasteiger partial charge on any atom is -0.311 e. The molecule has 2 bridgehead atoms. The predicted molar refractivity (Wildman–Crippen MR) is 79.5 cm³/mol. The van der Waals surface area contributed by atoms with Crippen molar-refractivity contribution in [2.24, 2.45) is 0 Å². The second kappa shape index (κ2) is 5.58. The van der Waals surface area contributed by atoms with Gasteiger partial charge in [-0.3, -0.25) is 0 Å². The topological polar surface area (TPSA) is 82.0 Å². The van der Waals surface area contributed by atoms with Gasteiger partial charge in [-0.15, -0.1) is 0 Å². The van der Waals surface area contributed by atoms with Crippen LogP contribution in [0.4, 0.5) is 0 Å². The summed E-state index contributed by atoms with van der Waals surface area (Å²) in [4.78, 5) is -0.0385. The molecule has 3 rings (SSSR count). The van der Waals surface area contributed by atoms with Crippen LogP contribution in [0, 0.1) is 11.3 Å². The van der Waals surface area contributed by atoms with Gasteiger partial charge in [0.2, 0.25) is 10.0 Å². The fraction of sp³-hybridized carbons (Fsp3) is 0.500. The standard InChI is InChI=1S/C14H16ClN3O2S/c15-13-2-1-3-14(12(13)8-16)21(19,20)18-11-6-9-4-5-10(7-11)17-9/h1-3,9-11,17-18H,4-7H2. The fourth-order valence-corrected chi connectivity index (χ4v) is 4.99. The summed E-state index contributed by atoms with van der Waals surface area (Å²) < 4.78 is 27.8. The van der Waals surface area contributed by atoms with Gasteiger partial charge < -0.3 is 5.32 Å². The molecule has 2 fully saturated rings. The molecule has 0 aromatic heterocycles. The molecular weight excluding hydrogens is 310 g/mol. The smallest absolute Gasteiger partial charge is 0.242 e. The van der Waals surface area contributed by atoms with E-state index >= 15 is 0 Å². The molecule has 2 unspecified atom stereocenters. The number of halogens is 1. The molecule has 2 aliphatic heterocycles. The van der Waals surface area contributed by atoms with Crippen molar-refractivity contribution in [2.45, 2.75) is 48.7 Å². The lowest BCUT2D eigenvalue weighted by atomic mass is 10.0. The summed E-state index contributed by atoms with van der Waals surface area (Å²) in [5, 5.41) is 12.8. The molecule has 0 spiro atoms. The van der Waals surface area contributed by atoms with E-state index in [0.717, 1.165) is 25.7 Å². The number of nitriles is 1. The summed E-state index contributed by atoms with van der Waals surface area (Å²) >= 11 is 5.91. The normalized spacial score (nSPS) is 28.3. The maximum absolute atomic E-state index is 12.5. The number of hydrogen-bond donors (Lipinski definition) is 2. The monoisotopic (exact) mass is 325 g/mol. The lowest BCUT2D eigenvalue weighted by Gasteiger charge is -2.29. The third-order valence-electron chi connectivity index (χ3n) is 4.17. The molecule has 112 valence electrons. The van der Waals surface area contributed by atoms with Crippen LogP contribution in [0.3, 0.4) is 0 Å². The van der Waals surface area contributed by atoms with Crippen LogP contribution in [0.1, 0.15) is 31.2 Å². The van der Waals surface area contributed by atoms with Gasteiger partial charge in [0.1, 0.15) is 11.0 Å². The number of nitrogens with one attached hydrogen (secondary N) is 2. The van der Waals surface area contributed by atoms with Crippen molar-refractivity contribution in [3.05, 3.63) is 28.8 Å². The van der Waals surface area contributed by atoms with Gasteiger partial charge in [0.25, 0.3) is 0 Å². The Bertz CT molecular complexity index is 687. The Morgan fingerprint density at radius 1 is 1.29 bits per heavy atom. The van der Waals surface area contributed by atoms with E-state index in [-0.39, 0.29) is 21.5 Å². The molecule has 1 aromatic rings. The van der Waals surface area contributed by atoms with Crippen molar-refractivity contribution in [3.63, 3.8) is 0 Å². The third-order valence-corrected chi connectivity index (χ3v) is 6.05. The summed E-state index contributed by atoms with van der Waals surface area (Å²) in [5.41, 5.74) is 0.00331. The minimum absolute atomic E-state index is 0.00331. The van der Waals surface area contributed by atoms with Gasteiger partial charge in [0.05, 0.1) is 10.6 Å². The molecule has 21 heavy (non-hydrogen) atoms. The fourth-order valence-electron chi connectivity index (χ4n) is 3.27. The molecule has 0 saturated carbocycles. The van der Waals surface area contributed by atoms with E-state index in [0.29, 0.717) is 12.1 Å². The van der Waals surface area contributed by atoms with Crippen LogP contribution >= 0.6 is 11.6 Å². The van der Waals surface area contributed by atoms with Gasteiger partial charge >= 0.3 is 0 Å². The maximum atomic E-state index is 12.5. The highest BCUT2D eigenvalue weighted by Crippen LogP contribution is 2.29. The second-order valence-electron chi connectivity index (χ2n) is 5.65. The maximum Gasteiger partial charge on any atom is 0.242 e. The lowest BCUT2D eigenvalue weighted by molar-refractivity contribution is 0.345. The van der Waals surface area contributed by atoms with Crippen LogP contribution in [0.5, 0.6) is 0 Å². The highest BCUT2D eigenvalue weighted by molar-refractivity contribution is 7.89. The van der Waals surface area contributed by atoms with Crippen LogP contribution < -0.4 is 10.0 Å². The van der Waals surface area contributed by atoms with E-state index in [9.17, 15) is 8.42 Å². The van der Waals surface area contributed by atoms with E-state index in [1.54, 1.807) is 6.07 Å². The van der Waals surface area contributed by atoms with Crippen molar-refractivity contribution < 1.29 is 8.42 Å².